The molecule has 0 heterocycles. The molecule has 0 saturated heterocycles. The van der Waals surface area contributed by atoms with Crippen LogP contribution in [-0.4, -0.2) is 17.8 Å². The summed E-state index contributed by atoms with van der Waals surface area (Å²) in [5.74, 6) is 0. The van der Waals surface area contributed by atoms with Crippen LogP contribution in [0.4, 0.5) is 0 Å². The van der Waals surface area contributed by atoms with E-state index in [0.29, 0.717) is 6.61 Å². The summed E-state index contributed by atoms with van der Waals surface area (Å²) in [7, 11) is 0. The third-order valence-electron chi connectivity index (χ3n) is 2.01. The van der Waals surface area contributed by atoms with Crippen LogP contribution < -0.4 is 0 Å². The lowest BCUT2D eigenvalue weighted by Gasteiger charge is -2.14. The maximum absolute atomic E-state index is 9.77. The van der Waals surface area contributed by atoms with Gasteiger partial charge >= 0.3 is 0 Å². The average Bonchev–Trinajstić information content (AvgIpc) is 2.14. The van der Waals surface area contributed by atoms with Crippen molar-refractivity contribution in [3.05, 3.63) is 35.4 Å². The second kappa shape index (κ2) is 5.13. The Balaban J connectivity index is 2.56. The number of aliphatic hydroxyl groups is 1. The molecule has 2 heteroatoms. The highest BCUT2D eigenvalue weighted by atomic mass is 16.5. The molecule has 2 nitrogen and oxygen atoms in total. The fourth-order valence-corrected chi connectivity index (χ4v) is 1.26. The minimum atomic E-state index is -0.516. The van der Waals surface area contributed by atoms with E-state index < -0.39 is 6.10 Å². The molecule has 0 aliphatic rings. The van der Waals surface area contributed by atoms with E-state index in [1.807, 2.05) is 45.0 Å². The van der Waals surface area contributed by atoms with E-state index >= 15 is 0 Å². The van der Waals surface area contributed by atoms with Crippen molar-refractivity contribution in [2.45, 2.75) is 33.0 Å². The molecule has 14 heavy (non-hydrogen) atoms. The smallest absolute Gasteiger partial charge is 0.102 e. The Morgan fingerprint density at radius 2 is 2.07 bits per heavy atom. The van der Waals surface area contributed by atoms with Gasteiger partial charge in [0.2, 0.25) is 0 Å². The molecule has 1 unspecified atom stereocenters. The number of rotatable bonds is 4. The molecule has 1 aromatic carbocycles. The van der Waals surface area contributed by atoms with Crippen molar-refractivity contribution in [1.29, 1.82) is 0 Å². The zero-order valence-electron chi connectivity index (χ0n) is 9.03. The van der Waals surface area contributed by atoms with Gasteiger partial charge in [-0.2, -0.15) is 0 Å². The van der Waals surface area contributed by atoms with Gasteiger partial charge in [-0.05, 0) is 26.3 Å². The van der Waals surface area contributed by atoms with Crippen LogP contribution in [0.2, 0.25) is 0 Å². The first kappa shape index (κ1) is 11.2. The molecule has 78 valence electrons. The second-order valence-corrected chi connectivity index (χ2v) is 3.81. The standard InChI is InChI=1S/C12H18O2/c1-9(2)14-8-12(13)11-6-4-5-10(3)7-11/h4-7,9,12-13H,8H2,1-3H3. The summed E-state index contributed by atoms with van der Waals surface area (Å²) in [6.07, 6.45) is -0.355. The molecule has 0 aliphatic carbocycles. The van der Waals surface area contributed by atoms with E-state index in [0.717, 1.165) is 11.1 Å². The van der Waals surface area contributed by atoms with E-state index in [2.05, 4.69) is 0 Å². The summed E-state index contributed by atoms with van der Waals surface area (Å²) in [6, 6.07) is 7.86. The Hall–Kier alpha value is -0.860. The molecule has 0 fully saturated rings. The highest BCUT2D eigenvalue weighted by Crippen LogP contribution is 2.14. The normalized spacial score (nSPS) is 13.2. The average molecular weight is 194 g/mol. The highest BCUT2D eigenvalue weighted by Gasteiger charge is 2.08. The molecule has 1 N–H and O–H groups in total. The van der Waals surface area contributed by atoms with E-state index in [4.69, 9.17) is 4.74 Å². The minimum absolute atomic E-state index is 0.162. The van der Waals surface area contributed by atoms with Gasteiger partial charge in [0.05, 0.1) is 12.7 Å². The molecular formula is C12H18O2. The lowest BCUT2D eigenvalue weighted by atomic mass is 10.1. The zero-order valence-corrected chi connectivity index (χ0v) is 9.03. The van der Waals surface area contributed by atoms with Gasteiger partial charge in [0.1, 0.15) is 6.10 Å². The van der Waals surface area contributed by atoms with Gasteiger partial charge in [-0.15, -0.1) is 0 Å². The van der Waals surface area contributed by atoms with Crippen molar-refractivity contribution < 1.29 is 9.84 Å². The van der Waals surface area contributed by atoms with E-state index in [9.17, 15) is 5.11 Å². The highest BCUT2D eigenvalue weighted by molar-refractivity contribution is 5.23. The third kappa shape index (κ3) is 3.48. The van der Waals surface area contributed by atoms with Crippen LogP contribution in [0.25, 0.3) is 0 Å². The Morgan fingerprint density at radius 3 is 2.64 bits per heavy atom. The van der Waals surface area contributed by atoms with Crippen LogP contribution in [-0.2, 0) is 4.74 Å². The SMILES string of the molecule is Cc1cccc(C(O)COC(C)C)c1. The van der Waals surface area contributed by atoms with E-state index in [1.54, 1.807) is 0 Å². The van der Waals surface area contributed by atoms with Crippen molar-refractivity contribution in [2.24, 2.45) is 0 Å². The predicted molar refractivity (Wildman–Crippen MR) is 57.2 cm³/mol. The minimum Gasteiger partial charge on any atom is -0.386 e. The summed E-state index contributed by atoms with van der Waals surface area (Å²) >= 11 is 0. The molecule has 0 amide bonds. The second-order valence-electron chi connectivity index (χ2n) is 3.81. The van der Waals surface area contributed by atoms with Crippen LogP contribution in [0.1, 0.15) is 31.1 Å². The van der Waals surface area contributed by atoms with Gasteiger partial charge < -0.3 is 9.84 Å². The van der Waals surface area contributed by atoms with Crippen LogP contribution >= 0.6 is 0 Å². The molecule has 1 rings (SSSR count). The number of ether oxygens (including phenoxy) is 1. The molecule has 1 atom stereocenters. The number of hydrogen-bond acceptors (Lipinski definition) is 2. The Labute approximate surface area is 85.5 Å². The van der Waals surface area contributed by atoms with Gasteiger partial charge in [0, 0.05) is 0 Å². The molecule has 0 aliphatic heterocycles. The van der Waals surface area contributed by atoms with Crippen LogP contribution in [0.15, 0.2) is 24.3 Å². The third-order valence-corrected chi connectivity index (χ3v) is 2.01. The lowest BCUT2D eigenvalue weighted by molar-refractivity contribution is 0.00491. The first-order valence-corrected chi connectivity index (χ1v) is 4.96. The summed E-state index contributed by atoms with van der Waals surface area (Å²) in [5, 5.41) is 9.77. The number of aryl methyl sites for hydroxylation is 1. The van der Waals surface area contributed by atoms with Gasteiger partial charge in [0.25, 0.3) is 0 Å². The zero-order chi connectivity index (χ0) is 10.6. The Morgan fingerprint density at radius 1 is 1.36 bits per heavy atom. The first-order chi connectivity index (χ1) is 6.59. The molecular weight excluding hydrogens is 176 g/mol. The van der Waals surface area contributed by atoms with Crippen molar-refractivity contribution in [1.82, 2.24) is 0 Å². The molecule has 0 bridgehead atoms. The van der Waals surface area contributed by atoms with Crippen LogP contribution in [0.3, 0.4) is 0 Å². The fourth-order valence-electron chi connectivity index (χ4n) is 1.26. The fraction of sp³-hybridized carbons (Fsp3) is 0.500. The van der Waals surface area contributed by atoms with Crippen molar-refractivity contribution in [2.75, 3.05) is 6.61 Å². The summed E-state index contributed by atoms with van der Waals surface area (Å²) in [6.45, 7) is 6.30. The number of hydrogen-bond donors (Lipinski definition) is 1. The predicted octanol–water partition coefficient (Wildman–Crippen LogP) is 2.45. The Kier molecular flexibility index (Phi) is 4.11. The summed E-state index contributed by atoms with van der Waals surface area (Å²) < 4.78 is 5.35. The first-order valence-electron chi connectivity index (χ1n) is 4.96. The Bertz CT molecular complexity index is 281. The maximum Gasteiger partial charge on any atom is 0.102 e. The summed E-state index contributed by atoms with van der Waals surface area (Å²) in [5.41, 5.74) is 2.08. The van der Waals surface area contributed by atoms with Gasteiger partial charge in [0.15, 0.2) is 0 Å². The van der Waals surface area contributed by atoms with E-state index in [-0.39, 0.29) is 6.10 Å². The number of benzene rings is 1. The quantitative estimate of drug-likeness (QED) is 0.797. The molecule has 0 radical (unpaired) electrons. The number of aliphatic hydroxyl groups excluding tert-OH is 1. The lowest BCUT2D eigenvalue weighted by Crippen LogP contribution is -2.11. The topological polar surface area (TPSA) is 29.5 Å². The van der Waals surface area contributed by atoms with Crippen LogP contribution in [0, 0.1) is 6.92 Å². The van der Waals surface area contributed by atoms with Gasteiger partial charge in [-0.25, -0.2) is 0 Å². The van der Waals surface area contributed by atoms with Crippen molar-refractivity contribution in [3.8, 4) is 0 Å². The van der Waals surface area contributed by atoms with Crippen molar-refractivity contribution >= 4 is 0 Å². The summed E-state index contributed by atoms with van der Waals surface area (Å²) in [4.78, 5) is 0. The van der Waals surface area contributed by atoms with Crippen LogP contribution in [0.5, 0.6) is 0 Å². The maximum atomic E-state index is 9.77. The van der Waals surface area contributed by atoms with Gasteiger partial charge in [-0.3, -0.25) is 0 Å². The molecule has 0 spiro atoms. The molecule has 1 aromatic rings. The molecule has 0 saturated carbocycles. The van der Waals surface area contributed by atoms with Crippen molar-refractivity contribution in [3.63, 3.8) is 0 Å². The monoisotopic (exact) mass is 194 g/mol. The molecule has 0 aromatic heterocycles. The largest absolute Gasteiger partial charge is 0.386 e. The van der Waals surface area contributed by atoms with E-state index in [1.165, 1.54) is 0 Å². The van der Waals surface area contributed by atoms with Gasteiger partial charge in [-0.1, -0.05) is 29.8 Å².